The molecule has 3 N–H and O–H groups in total. The first-order valence-corrected chi connectivity index (χ1v) is 5.35. The number of rotatable bonds is 4. The van der Waals surface area contributed by atoms with Gasteiger partial charge in [-0.1, -0.05) is 5.16 Å². The van der Waals surface area contributed by atoms with Crippen molar-refractivity contribution in [2.45, 2.75) is 31.8 Å². The van der Waals surface area contributed by atoms with E-state index in [4.69, 9.17) is 15.7 Å². The predicted octanol–water partition coefficient (Wildman–Crippen LogP) is 0.150. The summed E-state index contributed by atoms with van der Waals surface area (Å²) in [5.74, 6) is 0.0767. The molecule has 0 radical (unpaired) electrons. The minimum absolute atomic E-state index is 0.0456. The molecule has 92 valence electrons. The molecule has 1 rings (SSSR count). The highest BCUT2D eigenvalue weighted by Gasteiger charge is 2.39. The van der Waals surface area contributed by atoms with Gasteiger partial charge in [-0.2, -0.15) is 0 Å². The van der Waals surface area contributed by atoms with E-state index in [-0.39, 0.29) is 11.7 Å². The number of nitrogens with zero attached hydrogens (tertiary/aromatic N) is 2. The van der Waals surface area contributed by atoms with E-state index in [1.165, 1.54) is 0 Å². The fourth-order valence-electron chi connectivity index (χ4n) is 1.79. The van der Waals surface area contributed by atoms with Crippen LogP contribution in [0.5, 0.6) is 0 Å². The van der Waals surface area contributed by atoms with Gasteiger partial charge in [0.2, 0.25) is 0 Å². The van der Waals surface area contributed by atoms with Gasteiger partial charge in [-0.3, -0.25) is 4.79 Å². The summed E-state index contributed by atoms with van der Waals surface area (Å²) >= 11 is 0. The lowest BCUT2D eigenvalue weighted by Gasteiger charge is -2.28. The van der Waals surface area contributed by atoms with E-state index in [2.05, 4.69) is 5.16 Å². The molecule has 1 fully saturated rings. The molecule has 1 atom stereocenters. The van der Waals surface area contributed by atoms with Gasteiger partial charge in [0.25, 0.3) is 5.91 Å². The van der Waals surface area contributed by atoms with Crippen molar-refractivity contribution in [3.8, 4) is 0 Å². The number of hydrogen-bond acceptors (Lipinski definition) is 4. The summed E-state index contributed by atoms with van der Waals surface area (Å²) in [5, 5.41) is 11.2. The molecule has 1 aliphatic rings. The van der Waals surface area contributed by atoms with Crippen molar-refractivity contribution < 1.29 is 14.7 Å². The molecule has 0 aromatic heterocycles. The molecule has 0 aliphatic carbocycles. The average Bonchev–Trinajstić information content (AvgIpc) is 2.72. The normalized spacial score (nSPS) is 25.8. The Bertz CT molecular complexity index is 285. The Balaban J connectivity index is 2.47. The largest absolute Gasteiger partial charge is 0.409 e. The molecule has 0 aromatic carbocycles. The number of hydrogen-bond donors (Lipinski definition) is 2. The zero-order valence-electron chi connectivity index (χ0n) is 9.77. The molecular formula is C10H19N3O3. The van der Waals surface area contributed by atoms with Crippen LogP contribution in [0.2, 0.25) is 0 Å². The van der Waals surface area contributed by atoms with Crippen LogP contribution in [0.25, 0.3) is 0 Å². The summed E-state index contributed by atoms with van der Waals surface area (Å²) in [6.07, 6.45) is 2.02. The van der Waals surface area contributed by atoms with Gasteiger partial charge in [0.1, 0.15) is 11.4 Å². The van der Waals surface area contributed by atoms with Crippen LogP contribution in [0.15, 0.2) is 5.16 Å². The first-order chi connectivity index (χ1) is 7.49. The number of nitrogens with two attached hydrogens (primary N) is 1. The van der Waals surface area contributed by atoms with Gasteiger partial charge in [0.15, 0.2) is 0 Å². The Morgan fingerprint density at radius 2 is 2.38 bits per heavy atom. The van der Waals surface area contributed by atoms with Gasteiger partial charge < -0.3 is 20.6 Å². The van der Waals surface area contributed by atoms with Crippen molar-refractivity contribution in [3.63, 3.8) is 0 Å². The first-order valence-electron chi connectivity index (χ1n) is 5.35. The minimum Gasteiger partial charge on any atom is -0.409 e. The number of oxime groups is 1. The minimum atomic E-state index is -0.695. The van der Waals surface area contributed by atoms with E-state index < -0.39 is 5.60 Å². The maximum Gasteiger partial charge on any atom is 0.254 e. The number of amidine groups is 1. The summed E-state index contributed by atoms with van der Waals surface area (Å²) in [6.45, 7) is 2.87. The molecule has 0 bridgehead atoms. The molecule has 1 heterocycles. The van der Waals surface area contributed by atoms with E-state index >= 15 is 0 Å². The number of carbonyl (C=O) groups excluding carboxylic acids is 1. The van der Waals surface area contributed by atoms with Gasteiger partial charge in [-0.05, 0) is 19.8 Å². The molecule has 0 saturated carbocycles. The lowest BCUT2D eigenvalue weighted by Crippen LogP contribution is -2.45. The topological polar surface area (TPSA) is 88.1 Å². The molecule has 16 heavy (non-hydrogen) atoms. The van der Waals surface area contributed by atoms with Gasteiger partial charge in [0.05, 0.1) is 0 Å². The Hall–Kier alpha value is -1.30. The monoisotopic (exact) mass is 229 g/mol. The summed E-state index contributed by atoms with van der Waals surface area (Å²) in [5.41, 5.74) is 4.64. The Morgan fingerprint density at radius 3 is 2.88 bits per heavy atom. The van der Waals surface area contributed by atoms with Crippen LogP contribution >= 0.6 is 0 Å². The van der Waals surface area contributed by atoms with E-state index in [9.17, 15) is 4.79 Å². The standard InChI is InChI=1S/C10H19N3O3/c1-10(5-3-7-16-10)9(14)13(2)6-4-8(11)12-15/h15H,3-7H2,1-2H3,(H2,11,12). The molecule has 6 nitrogen and oxygen atoms in total. The van der Waals surface area contributed by atoms with Gasteiger partial charge in [-0.25, -0.2) is 0 Å². The summed E-state index contributed by atoms with van der Waals surface area (Å²) in [6, 6.07) is 0. The Labute approximate surface area is 95.0 Å². The van der Waals surface area contributed by atoms with E-state index in [1.54, 1.807) is 11.9 Å². The van der Waals surface area contributed by atoms with Crippen LogP contribution < -0.4 is 5.73 Å². The third-order valence-corrected chi connectivity index (χ3v) is 2.85. The molecule has 0 aromatic rings. The van der Waals surface area contributed by atoms with Crippen LogP contribution in [-0.4, -0.2) is 47.7 Å². The van der Waals surface area contributed by atoms with E-state index in [0.29, 0.717) is 19.6 Å². The van der Waals surface area contributed by atoms with Crippen LogP contribution in [0.3, 0.4) is 0 Å². The van der Waals surface area contributed by atoms with Crippen LogP contribution in [0, 0.1) is 0 Å². The van der Waals surface area contributed by atoms with Gasteiger partial charge in [-0.15, -0.1) is 0 Å². The Kier molecular flexibility index (Phi) is 4.12. The van der Waals surface area contributed by atoms with Crippen molar-refractivity contribution in [2.75, 3.05) is 20.2 Å². The van der Waals surface area contributed by atoms with Crippen LogP contribution in [-0.2, 0) is 9.53 Å². The zero-order valence-corrected chi connectivity index (χ0v) is 9.77. The van der Waals surface area contributed by atoms with Crippen molar-refractivity contribution in [3.05, 3.63) is 0 Å². The fourth-order valence-corrected chi connectivity index (χ4v) is 1.79. The zero-order chi connectivity index (χ0) is 12.2. The maximum atomic E-state index is 12.0. The quantitative estimate of drug-likeness (QED) is 0.311. The van der Waals surface area contributed by atoms with E-state index in [1.807, 2.05) is 6.92 Å². The summed E-state index contributed by atoms with van der Waals surface area (Å²) in [7, 11) is 1.69. The van der Waals surface area contributed by atoms with Crippen LogP contribution in [0.4, 0.5) is 0 Å². The Morgan fingerprint density at radius 1 is 1.69 bits per heavy atom. The highest BCUT2D eigenvalue weighted by atomic mass is 16.5. The van der Waals surface area contributed by atoms with Crippen molar-refractivity contribution in [1.29, 1.82) is 0 Å². The van der Waals surface area contributed by atoms with E-state index in [0.717, 1.165) is 12.8 Å². The average molecular weight is 229 g/mol. The number of carbonyl (C=O) groups is 1. The molecule has 1 unspecified atom stereocenters. The van der Waals surface area contributed by atoms with Gasteiger partial charge >= 0.3 is 0 Å². The smallest absolute Gasteiger partial charge is 0.254 e. The van der Waals surface area contributed by atoms with Crippen molar-refractivity contribution >= 4 is 11.7 Å². The second kappa shape index (κ2) is 5.16. The molecule has 1 saturated heterocycles. The lowest BCUT2D eigenvalue weighted by atomic mass is 10.0. The molecule has 6 heteroatoms. The third-order valence-electron chi connectivity index (χ3n) is 2.85. The predicted molar refractivity (Wildman–Crippen MR) is 59.3 cm³/mol. The fraction of sp³-hybridized carbons (Fsp3) is 0.800. The lowest BCUT2D eigenvalue weighted by molar-refractivity contribution is -0.149. The number of ether oxygens (including phenoxy) is 1. The molecular weight excluding hydrogens is 210 g/mol. The van der Waals surface area contributed by atoms with Crippen molar-refractivity contribution in [2.24, 2.45) is 10.9 Å². The SMILES string of the molecule is CN(CCC(N)=NO)C(=O)C1(C)CCCO1. The molecule has 1 aliphatic heterocycles. The molecule has 1 amide bonds. The summed E-state index contributed by atoms with van der Waals surface area (Å²) in [4.78, 5) is 13.6. The van der Waals surface area contributed by atoms with Crippen LogP contribution in [0.1, 0.15) is 26.2 Å². The van der Waals surface area contributed by atoms with Gasteiger partial charge in [0, 0.05) is 26.6 Å². The third kappa shape index (κ3) is 2.85. The maximum absolute atomic E-state index is 12.0. The number of likely N-dealkylation sites (N-methyl/N-ethyl adjacent to an activating group) is 1. The molecule has 0 spiro atoms. The highest BCUT2D eigenvalue weighted by Crippen LogP contribution is 2.26. The highest BCUT2D eigenvalue weighted by molar-refractivity contribution is 5.86. The first kappa shape index (κ1) is 12.8. The summed E-state index contributed by atoms with van der Waals surface area (Å²) < 4.78 is 5.45. The second-order valence-electron chi connectivity index (χ2n) is 4.25. The van der Waals surface area contributed by atoms with Crippen molar-refractivity contribution in [1.82, 2.24) is 4.90 Å². The second-order valence-corrected chi connectivity index (χ2v) is 4.25. The number of amides is 1.